The van der Waals surface area contributed by atoms with Crippen LogP contribution in [0.4, 0.5) is 11.4 Å². The standard InChI is InChI=1S/C9H11N3O3/c1-10-7-4-11-5-8(12(13)14)9(7)15-6-2-3-6/h4-6,10H,2-3H2,1H3. The lowest BCUT2D eigenvalue weighted by atomic mass is 10.3. The van der Waals surface area contributed by atoms with Gasteiger partial charge in [-0.25, -0.2) is 0 Å². The number of nitrogens with zero attached hydrogens (tertiary/aromatic N) is 2. The van der Waals surface area contributed by atoms with Gasteiger partial charge in [-0.05, 0) is 12.8 Å². The first-order valence-corrected chi connectivity index (χ1v) is 4.69. The van der Waals surface area contributed by atoms with E-state index >= 15 is 0 Å². The molecule has 0 amide bonds. The molecule has 1 aromatic rings. The Morgan fingerprint density at radius 1 is 1.60 bits per heavy atom. The van der Waals surface area contributed by atoms with Gasteiger partial charge in [0.05, 0.1) is 17.2 Å². The van der Waals surface area contributed by atoms with Crippen LogP contribution < -0.4 is 10.1 Å². The Morgan fingerprint density at radius 2 is 2.33 bits per heavy atom. The Labute approximate surface area is 86.4 Å². The predicted molar refractivity (Wildman–Crippen MR) is 54.1 cm³/mol. The number of hydrogen-bond donors (Lipinski definition) is 1. The number of nitro groups is 1. The molecule has 6 heteroatoms. The van der Waals surface area contributed by atoms with Crippen LogP contribution in [0.15, 0.2) is 12.4 Å². The molecular weight excluding hydrogens is 198 g/mol. The van der Waals surface area contributed by atoms with E-state index in [1.54, 1.807) is 7.05 Å². The van der Waals surface area contributed by atoms with E-state index < -0.39 is 4.92 Å². The third kappa shape index (κ3) is 1.98. The van der Waals surface area contributed by atoms with Crippen LogP contribution in [0.5, 0.6) is 5.75 Å². The van der Waals surface area contributed by atoms with Gasteiger partial charge in [0.1, 0.15) is 11.9 Å². The van der Waals surface area contributed by atoms with Crippen LogP contribution in [0.25, 0.3) is 0 Å². The fourth-order valence-corrected chi connectivity index (χ4v) is 1.22. The second kappa shape index (κ2) is 3.72. The molecule has 0 unspecified atom stereocenters. The van der Waals surface area contributed by atoms with Crippen LogP contribution >= 0.6 is 0 Å². The Bertz CT molecular complexity index is 390. The van der Waals surface area contributed by atoms with Gasteiger partial charge in [-0.1, -0.05) is 0 Å². The molecule has 1 fully saturated rings. The highest BCUT2D eigenvalue weighted by Gasteiger charge is 2.29. The molecule has 0 aliphatic heterocycles. The van der Waals surface area contributed by atoms with Crippen molar-refractivity contribution in [1.82, 2.24) is 4.98 Å². The van der Waals surface area contributed by atoms with Gasteiger partial charge in [-0.15, -0.1) is 0 Å². The molecule has 15 heavy (non-hydrogen) atoms. The molecule has 2 rings (SSSR count). The van der Waals surface area contributed by atoms with E-state index in [4.69, 9.17) is 4.74 Å². The molecule has 80 valence electrons. The number of anilines is 1. The highest BCUT2D eigenvalue weighted by Crippen LogP contribution is 2.38. The average Bonchev–Trinajstić information content (AvgIpc) is 3.01. The fourth-order valence-electron chi connectivity index (χ4n) is 1.22. The summed E-state index contributed by atoms with van der Waals surface area (Å²) in [4.78, 5) is 14.0. The molecule has 0 aromatic carbocycles. The third-order valence-corrected chi connectivity index (χ3v) is 2.15. The topological polar surface area (TPSA) is 77.3 Å². The summed E-state index contributed by atoms with van der Waals surface area (Å²) in [5, 5.41) is 13.6. The van der Waals surface area contributed by atoms with Gasteiger partial charge < -0.3 is 10.1 Å². The van der Waals surface area contributed by atoms with Crippen molar-refractivity contribution < 1.29 is 9.66 Å². The minimum absolute atomic E-state index is 0.0891. The van der Waals surface area contributed by atoms with Crippen LogP contribution in [-0.4, -0.2) is 23.1 Å². The number of aromatic nitrogens is 1. The van der Waals surface area contributed by atoms with Gasteiger partial charge in [0.25, 0.3) is 0 Å². The van der Waals surface area contributed by atoms with E-state index in [1.165, 1.54) is 12.4 Å². The minimum Gasteiger partial charge on any atom is -0.482 e. The van der Waals surface area contributed by atoms with Crippen molar-refractivity contribution in [3.8, 4) is 5.75 Å². The second-order valence-electron chi connectivity index (χ2n) is 3.36. The van der Waals surface area contributed by atoms with Crippen molar-refractivity contribution in [1.29, 1.82) is 0 Å². The summed E-state index contributed by atoms with van der Waals surface area (Å²) >= 11 is 0. The van der Waals surface area contributed by atoms with Gasteiger partial charge >= 0.3 is 5.69 Å². The Morgan fingerprint density at radius 3 is 2.87 bits per heavy atom. The lowest BCUT2D eigenvalue weighted by Crippen LogP contribution is -2.04. The van der Waals surface area contributed by atoms with Gasteiger partial charge in [0.15, 0.2) is 0 Å². The van der Waals surface area contributed by atoms with Crippen LogP contribution in [0.1, 0.15) is 12.8 Å². The SMILES string of the molecule is CNc1cncc([N+](=O)[O-])c1OC1CC1. The number of pyridine rings is 1. The first-order valence-electron chi connectivity index (χ1n) is 4.69. The Balaban J connectivity index is 2.38. The molecule has 0 radical (unpaired) electrons. The first-order chi connectivity index (χ1) is 7.22. The molecule has 1 heterocycles. The molecule has 0 atom stereocenters. The van der Waals surface area contributed by atoms with Gasteiger partial charge in [0.2, 0.25) is 5.75 Å². The van der Waals surface area contributed by atoms with Crippen LogP contribution in [-0.2, 0) is 0 Å². The maximum atomic E-state index is 10.7. The zero-order valence-corrected chi connectivity index (χ0v) is 8.27. The Hall–Kier alpha value is -1.85. The summed E-state index contributed by atoms with van der Waals surface area (Å²) in [5.41, 5.74) is 0.463. The Kier molecular flexibility index (Phi) is 2.40. The zero-order valence-electron chi connectivity index (χ0n) is 8.27. The summed E-state index contributed by atoms with van der Waals surface area (Å²) in [6.07, 6.45) is 4.77. The number of nitrogens with one attached hydrogen (secondary N) is 1. The largest absolute Gasteiger partial charge is 0.482 e. The van der Waals surface area contributed by atoms with Crippen molar-refractivity contribution in [3.05, 3.63) is 22.5 Å². The summed E-state index contributed by atoms with van der Waals surface area (Å²) < 4.78 is 5.50. The number of ether oxygens (including phenoxy) is 1. The van der Waals surface area contributed by atoms with E-state index in [2.05, 4.69) is 10.3 Å². The smallest absolute Gasteiger partial charge is 0.331 e. The van der Waals surface area contributed by atoms with E-state index in [0.717, 1.165) is 12.8 Å². The second-order valence-corrected chi connectivity index (χ2v) is 3.36. The predicted octanol–water partition coefficient (Wildman–Crippen LogP) is 1.57. The van der Waals surface area contributed by atoms with Crippen molar-refractivity contribution in [2.24, 2.45) is 0 Å². The molecule has 1 N–H and O–H groups in total. The van der Waals surface area contributed by atoms with E-state index in [-0.39, 0.29) is 11.8 Å². The molecular formula is C9H11N3O3. The van der Waals surface area contributed by atoms with Crippen molar-refractivity contribution >= 4 is 11.4 Å². The quantitative estimate of drug-likeness (QED) is 0.601. The molecule has 0 bridgehead atoms. The number of rotatable bonds is 4. The molecule has 6 nitrogen and oxygen atoms in total. The van der Waals surface area contributed by atoms with Crippen molar-refractivity contribution in [2.45, 2.75) is 18.9 Å². The van der Waals surface area contributed by atoms with Crippen molar-refractivity contribution in [2.75, 3.05) is 12.4 Å². The first kappa shape index (κ1) is 9.70. The molecule has 1 aliphatic carbocycles. The van der Waals surface area contributed by atoms with Gasteiger partial charge in [-0.2, -0.15) is 0 Å². The third-order valence-electron chi connectivity index (χ3n) is 2.15. The lowest BCUT2D eigenvalue weighted by Gasteiger charge is -2.09. The lowest BCUT2D eigenvalue weighted by molar-refractivity contribution is -0.386. The minimum atomic E-state index is -0.481. The summed E-state index contributed by atoms with van der Waals surface area (Å²) in [6, 6.07) is 0. The molecule has 1 saturated carbocycles. The van der Waals surface area contributed by atoms with Gasteiger partial charge in [-0.3, -0.25) is 15.1 Å². The molecule has 0 saturated heterocycles. The summed E-state index contributed by atoms with van der Waals surface area (Å²) in [7, 11) is 1.68. The average molecular weight is 209 g/mol. The highest BCUT2D eigenvalue weighted by atomic mass is 16.6. The van der Waals surface area contributed by atoms with Crippen molar-refractivity contribution in [3.63, 3.8) is 0 Å². The van der Waals surface area contributed by atoms with Gasteiger partial charge in [0, 0.05) is 7.05 Å². The normalized spacial score (nSPS) is 14.7. The van der Waals surface area contributed by atoms with Crippen LogP contribution in [0.3, 0.4) is 0 Å². The number of hydrogen-bond acceptors (Lipinski definition) is 5. The monoisotopic (exact) mass is 209 g/mol. The summed E-state index contributed by atoms with van der Waals surface area (Å²) in [5.74, 6) is 0.292. The molecule has 1 aromatic heterocycles. The molecule has 1 aliphatic rings. The van der Waals surface area contributed by atoms with Crippen LogP contribution in [0, 0.1) is 10.1 Å². The zero-order chi connectivity index (χ0) is 10.8. The molecule has 0 spiro atoms. The maximum Gasteiger partial charge on any atom is 0.331 e. The van der Waals surface area contributed by atoms with Crippen LogP contribution in [0.2, 0.25) is 0 Å². The van der Waals surface area contributed by atoms with E-state index in [9.17, 15) is 10.1 Å². The highest BCUT2D eigenvalue weighted by molar-refractivity contribution is 5.64. The fraction of sp³-hybridized carbons (Fsp3) is 0.444. The van der Waals surface area contributed by atoms with E-state index in [1.807, 2.05) is 0 Å². The van der Waals surface area contributed by atoms with E-state index in [0.29, 0.717) is 11.4 Å². The maximum absolute atomic E-state index is 10.7. The summed E-state index contributed by atoms with van der Waals surface area (Å²) in [6.45, 7) is 0.